The fraction of sp³-hybridized carbons (Fsp3) is 0.222. The van der Waals surface area contributed by atoms with Crippen molar-refractivity contribution in [2.75, 3.05) is 12.4 Å². The zero-order valence-electron chi connectivity index (χ0n) is 13.9. The summed E-state index contributed by atoms with van der Waals surface area (Å²) in [5.74, 6) is -1.26. The molecule has 0 spiro atoms. The lowest BCUT2D eigenvalue weighted by Crippen LogP contribution is -2.30. The summed E-state index contributed by atoms with van der Waals surface area (Å²) in [6, 6.07) is 8.62. The SMILES string of the molecule is COc1cc(C(=O)O[C@@H](C)C(=O)Nc2ccc(F)c(Cl)c2)ccc1C. The molecule has 0 fully saturated rings. The summed E-state index contributed by atoms with van der Waals surface area (Å²) in [6.07, 6.45) is -1.05. The minimum atomic E-state index is -1.05. The third kappa shape index (κ3) is 4.70. The van der Waals surface area contributed by atoms with Crippen molar-refractivity contribution in [2.45, 2.75) is 20.0 Å². The van der Waals surface area contributed by atoms with Crippen LogP contribution in [0.4, 0.5) is 10.1 Å². The van der Waals surface area contributed by atoms with Crippen LogP contribution in [-0.2, 0) is 9.53 Å². The molecule has 1 amide bonds. The number of nitrogens with one attached hydrogen (secondary N) is 1. The zero-order chi connectivity index (χ0) is 18.6. The first-order valence-corrected chi connectivity index (χ1v) is 7.81. The number of methoxy groups -OCH3 is 1. The molecule has 2 rings (SSSR count). The molecule has 25 heavy (non-hydrogen) atoms. The number of amides is 1. The van der Waals surface area contributed by atoms with E-state index in [1.807, 2.05) is 6.92 Å². The number of anilines is 1. The average Bonchev–Trinajstić information content (AvgIpc) is 2.58. The number of carbonyl (C=O) groups excluding carboxylic acids is 2. The first-order valence-electron chi connectivity index (χ1n) is 7.43. The van der Waals surface area contributed by atoms with Crippen LogP contribution < -0.4 is 10.1 Å². The van der Waals surface area contributed by atoms with Gasteiger partial charge in [-0.1, -0.05) is 17.7 Å². The topological polar surface area (TPSA) is 64.6 Å². The Balaban J connectivity index is 2.02. The Hall–Kier alpha value is -2.60. The molecule has 7 heteroatoms. The van der Waals surface area contributed by atoms with E-state index >= 15 is 0 Å². The van der Waals surface area contributed by atoms with Gasteiger partial charge in [-0.2, -0.15) is 0 Å². The molecule has 0 aliphatic rings. The number of aryl methyl sites for hydroxylation is 1. The maximum absolute atomic E-state index is 13.1. The van der Waals surface area contributed by atoms with Gasteiger partial charge in [0, 0.05) is 5.69 Å². The lowest BCUT2D eigenvalue weighted by molar-refractivity contribution is -0.123. The second-order valence-corrected chi connectivity index (χ2v) is 5.76. The van der Waals surface area contributed by atoms with E-state index in [1.165, 1.54) is 26.2 Å². The van der Waals surface area contributed by atoms with Crippen molar-refractivity contribution in [3.05, 3.63) is 58.4 Å². The number of ether oxygens (including phenoxy) is 2. The van der Waals surface area contributed by atoms with Gasteiger partial charge in [0.1, 0.15) is 11.6 Å². The molecule has 0 aliphatic carbocycles. The number of carbonyl (C=O) groups is 2. The Bertz CT molecular complexity index is 810. The largest absolute Gasteiger partial charge is 0.496 e. The molecule has 0 saturated carbocycles. The molecule has 0 heterocycles. The third-order valence-corrected chi connectivity index (χ3v) is 3.77. The van der Waals surface area contributed by atoms with E-state index in [2.05, 4.69) is 5.32 Å². The maximum Gasteiger partial charge on any atom is 0.339 e. The average molecular weight is 366 g/mol. The molecule has 0 aromatic heterocycles. The second kappa shape index (κ2) is 7.98. The summed E-state index contributed by atoms with van der Waals surface area (Å²) in [5, 5.41) is 2.39. The highest BCUT2D eigenvalue weighted by Crippen LogP contribution is 2.21. The van der Waals surface area contributed by atoms with Gasteiger partial charge in [-0.25, -0.2) is 9.18 Å². The van der Waals surface area contributed by atoms with Gasteiger partial charge in [-0.3, -0.25) is 4.79 Å². The fourth-order valence-electron chi connectivity index (χ4n) is 2.05. The number of hydrogen-bond acceptors (Lipinski definition) is 4. The molecule has 0 saturated heterocycles. The number of benzene rings is 2. The Kier molecular flexibility index (Phi) is 5.98. The van der Waals surface area contributed by atoms with E-state index in [1.54, 1.807) is 18.2 Å². The van der Waals surface area contributed by atoms with E-state index in [9.17, 15) is 14.0 Å². The predicted octanol–water partition coefficient (Wildman–Crippen LogP) is 3.98. The van der Waals surface area contributed by atoms with E-state index in [0.29, 0.717) is 11.4 Å². The van der Waals surface area contributed by atoms with Crippen molar-refractivity contribution < 1.29 is 23.5 Å². The van der Waals surface area contributed by atoms with Crippen molar-refractivity contribution in [1.82, 2.24) is 0 Å². The maximum atomic E-state index is 13.1. The quantitative estimate of drug-likeness (QED) is 0.814. The molecule has 5 nitrogen and oxygen atoms in total. The van der Waals surface area contributed by atoms with Gasteiger partial charge >= 0.3 is 5.97 Å². The van der Waals surface area contributed by atoms with Crippen molar-refractivity contribution in [3.8, 4) is 5.75 Å². The van der Waals surface area contributed by atoms with Crippen LogP contribution in [-0.4, -0.2) is 25.1 Å². The van der Waals surface area contributed by atoms with Gasteiger partial charge in [-0.05, 0) is 49.7 Å². The molecular weight excluding hydrogens is 349 g/mol. The van der Waals surface area contributed by atoms with Gasteiger partial charge in [0.05, 0.1) is 17.7 Å². The Labute approximate surface area is 149 Å². The van der Waals surface area contributed by atoms with Crippen LogP contribution in [0.1, 0.15) is 22.8 Å². The van der Waals surface area contributed by atoms with Crippen molar-refractivity contribution in [3.63, 3.8) is 0 Å². The second-order valence-electron chi connectivity index (χ2n) is 5.35. The van der Waals surface area contributed by atoms with Crippen LogP contribution in [0.15, 0.2) is 36.4 Å². The first-order chi connectivity index (χ1) is 11.8. The van der Waals surface area contributed by atoms with E-state index in [-0.39, 0.29) is 10.6 Å². The lowest BCUT2D eigenvalue weighted by Gasteiger charge is -2.14. The molecule has 1 atom stereocenters. The summed E-state index contributed by atoms with van der Waals surface area (Å²) in [7, 11) is 1.50. The first kappa shape index (κ1) is 18.7. The van der Waals surface area contributed by atoms with Crippen molar-refractivity contribution in [1.29, 1.82) is 0 Å². The minimum Gasteiger partial charge on any atom is -0.496 e. The van der Waals surface area contributed by atoms with Gasteiger partial charge < -0.3 is 14.8 Å². The van der Waals surface area contributed by atoms with Crippen molar-refractivity contribution >= 4 is 29.2 Å². The van der Waals surface area contributed by atoms with Gasteiger partial charge in [0.2, 0.25) is 0 Å². The molecule has 0 unspecified atom stereocenters. The number of halogens is 2. The highest BCUT2D eigenvalue weighted by molar-refractivity contribution is 6.31. The normalized spacial score (nSPS) is 11.6. The smallest absolute Gasteiger partial charge is 0.339 e. The summed E-state index contributed by atoms with van der Waals surface area (Å²) in [4.78, 5) is 24.3. The third-order valence-electron chi connectivity index (χ3n) is 3.48. The highest BCUT2D eigenvalue weighted by atomic mass is 35.5. The van der Waals surface area contributed by atoms with E-state index < -0.39 is 23.8 Å². The predicted molar refractivity (Wildman–Crippen MR) is 92.6 cm³/mol. The number of hydrogen-bond donors (Lipinski definition) is 1. The summed E-state index contributed by atoms with van der Waals surface area (Å²) in [5.41, 5.74) is 1.45. The Morgan fingerprint density at radius 3 is 2.56 bits per heavy atom. The molecule has 1 N–H and O–H groups in total. The Morgan fingerprint density at radius 1 is 1.20 bits per heavy atom. The summed E-state index contributed by atoms with van der Waals surface area (Å²) < 4.78 is 23.4. The minimum absolute atomic E-state index is 0.116. The number of esters is 1. The molecule has 2 aromatic carbocycles. The van der Waals surface area contributed by atoms with Crippen LogP contribution in [0.25, 0.3) is 0 Å². The number of rotatable bonds is 5. The van der Waals surface area contributed by atoms with Gasteiger partial charge in [-0.15, -0.1) is 0 Å². The van der Waals surface area contributed by atoms with E-state index in [0.717, 1.165) is 11.6 Å². The standard InChI is InChI=1S/C18H17ClFNO4/c1-10-4-5-12(8-16(10)24-3)18(23)25-11(2)17(22)21-13-6-7-15(20)14(19)9-13/h4-9,11H,1-3H3,(H,21,22)/t11-/m0/s1. The summed E-state index contributed by atoms with van der Waals surface area (Å²) >= 11 is 5.66. The molecule has 2 aromatic rings. The molecule has 132 valence electrons. The lowest BCUT2D eigenvalue weighted by atomic mass is 10.1. The van der Waals surface area contributed by atoms with E-state index in [4.69, 9.17) is 21.1 Å². The highest BCUT2D eigenvalue weighted by Gasteiger charge is 2.20. The molecule has 0 bridgehead atoms. The van der Waals surface area contributed by atoms with Crippen LogP contribution in [0.3, 0.4) is 0 Å². The monoisotopic (exact) mass is 365 g/mol. The van der Waals surface area contributed by atoms with Crippen LogP contribution in [0, 0.1) is 12.7 Å². The van der Waals surface area contributed by atoms with Crippen LogP contribution in [0.5, 0.6) is 5.75 Å². The van der Waals surface area contributed by atoms with Crippen LogP contribution in [0.2, 0.25) is 5.02 Å². The van der Waals surface area contributed by atoms with Gasteiger partial charge in [0.25, 0.3) is 5.91 Å². The zero-order valence-corrected chi connectivity index (χ0v) is 14.7. The van der Waals surface area contributed by atoms with Gasteiger partial charge in [0.15, 0.2) is 6.10 Å². The fourth-order valence-corrected chi connectivity index (χ4v) is 2.23. The Morgan fingerprint density at radius 2 is 1.92 bits per heavy atom. The molecule has 0 radical (unpaired) electrons. The summed E-state index contributed by atoms with van der Waals surface area (Å²) in [6.45, 7) is 3.28. The van der Waals surface area contributed by atoms with Crippen molar-refractivity contribution in [2.24, 2.45) is 0 Å². The molecule has 0 aliphatic heterocycles. The molecular formula is C18H17ClFNO4. The van der Waals surface area contributed by atoms with Crippen LogP contribution >= 0.6 is 11.6 Å².